The van der Waals surface area contributed by atoms with Gasteiger partial charge < -0.3 is 18.6 Å². The first-order chi connectivity index (χ1) is 24.5. The van der Waals surface area contributed by atoms with Crippen LogP contribution in [0.3, 0.4) is 0 Å². The molecule has 0 aliphatic carbocycles. The fourth-order valence-electron chi connectivity index (χ4n) is 6.10. The number of ether oxygens (including phenoxy) is 2. The molecule has 5 nitrogen and oxygen atoms in total. The maximum absolute atomic E-state index is 14.7. The molecule has 0 spiro atoms. The summed E-state index contributed by atoms with van der Waals surface area (Å²) in [6, 6.07) is 54.8. The van der Waals surface area contributed by atoms with Crippen LogP contribution in [0.5, 0.6) is 11.5 Å². The Morgan fingerprint density at radius 3 is 1.02 bits per heavy atom. The SMILES string of the molecule is CN(CCOc1ccccc1CP(=O)(c1ccccc1)c1ccccc1)CCOc1ccccc1CP(=O)(c1ccccc1)c1ccccc1. The molecule has 0 aliphatic rings. The average molecular weight is 700 g/mol. The average Bonchev–Trinajstić information content (AvgIpc) is 3.17. The molecule has 6 aromatic rings. The van der Waals surface area contributed by atoms with Gasteiger partial charge in [-0.3, -0.25) is 4.90 Å². The van der Waals surface area contributed by atoms with Gasteiger partial charge in [0.15, 0.2) is 0 Å². The lowest BCUT2D eigenvalue weighted by Gasteiger charge is -2.22. The maximum atomic E-state index is 14.7. The van der Waals surface area contributed by atoms with Gasteiger partial charge >= 0.3 is 0 Å². The minimum atomic E-state index is -2.95. The van der Waals surface area contributed by atoms with Crippen LogP contribution in [0, 0.1) is 0 Å². The number of para-hydroxylation sites is 2. The summed E-state index contributed by atoms with van der Waals surface area (Å²) in [7, 11) is -3.85. The predicted octanol–water partition coefficient (Wildman–Crippen LogP) is 8.10. The van der Waals surface area contributed by atoms with Crippen molar-refractivity contribution in [2.24, 2.45) is 0 Å². The second-order valence-corrected chi connectivity index (χ2v) is 18.0. The van der Waals surface area contributed by atoms with Gasteiger partial charge in [0.05, 0.1) is 0 Å². The van der Waals surface area contributed by atoms with E-state index in [0.29, 0.717) is 38.6 Å². The van der Waals surface area contributed by atoms with Crippen molar-refractivity contribution in [1.82, 2.24) is 4.90 Å². The quantitative estimate of drug-likeness (QED) is 0.0957. The van der Waals surface area contributed by atoms with E-state index in [4.69, 9.17) is 9.47 Å². The highest BCUT2D eigenvalue weighted by Gasteiger charge is 2.30. The van der Waals surface area contributed by atoms with Gasteiger partial charge in [-0.05, 0) is 19.2 Å². The van der Waals surface area contributed by atoms with Crippen LogP contribution >= 0.6 is 14.3 Å². The summed E-state index contributed by atoms with van der Waals surface area (Å²) in [6.45, 7) is 2.32. The lowest BCUT2D eigenvalue weighted by Crippen LogP contribution is -2.29. The summed E-state index contributed by atoms with van der Waals surface area (Å²) in [5, 5.41) is 3.35. The monoisotopic (exact) mass is 699 g/mol. The normalized spacial score (nSPS) is 11.7. The van der Waals surface area contributed by atoms with Crippen molar-refractivity contribution in [3.8, 4) is 11.5 Å². The Kier molecular flexibility index (Phi) is 11.8. The number of hydrogen-bond donors (Lipinski definition) is 0. The van der Waals surface area contributed by atoms with Gasteiger partial charge in [0.2, 0.25) is 0 Å². The summed E-state index contributed by atoms with van der Waals surface area (Å²) in [5.74, 6) is 1.50. The van der Waals surface area contributed by atoms with Gasteiger partial charge in [-0.2, -0.15) is 0 Å². The lowest BCUT2D eigenvalue weighted by molar-refractivity contribution is 0.201. The zero-order chi connectivity index (χ0) is 34.7. The summed E-state index contributed by atoms with van der Waals surface area (Å²) >= 11 is 0. The van der Waals surface area contributed by atoms with Gasteiger partial charge in [-0.15, -0.1) is 0 Å². The minimum absolute atomic E-state index is 0.377. The van der Waals surface area contributed by atoms with E-state index in [0.717, 1.165) is 43.8 Å². The minimum Gasteiger partial charge on any atom is -0.492 e. The highest BCUT2D eigenvalue weighted by Crippen LogP contribution is 2.49. The number of rotatable bonds is 16. The standard InChI is InChI=1S/C43H43NO4P2/c1-44(30-32-47-42-28-16-14-18-36(42)34-49(45,38-20-6-2-7-21-38)39-22-8-3-9-23-39)31-33-48-43-29-17-15-19-37(43)35-50(46,40-24-10-4-11-25-40)41-26-12-5-13-27-41/h2-29H,30-35H2,1H3. The van der Waals surface area contributed by atoms with Crippen LogP contribution in [0.2, 0.25) is 0 Å². The Bertz CT molecular complexity index is 1800. The third kappa shape index (κ3) is 8.55. The highest BCUT2D eigenvalue weighted by molar-refractivity contribution is 7.78. The molecule has 0 N–H and O–H groups in total. The lowest BCUT2D eigenvalue weighted by atomic mass is 10.2. The number of hydrogen-bond acceptors (Lipinski definition) is 5. The molecule has 0 aromatic heterocycles. The van der Waals surface area contributed by atoms with Crippen molar-refractivity contribution in [2.45, 2.75) is 12.3 Å². The van der Waals surface area contributed by atoms with Gasteiger partial charge in [-0.1, -0.05) is 158 Å². The second-order valence-electron chi connectivity index (χ2n) is 12.4. The molecule has 0 amide bonds. The van der Waals surface area contributed by atoms with E-state index in [1.807, 2.05) is 177 Å². The smallest absolute Gasteiger partial charge is 0.147 e. The van der Waals surface area contributed by atoms with Crippen LogP contribution < -0.4 is 30.7 Å². The van der Waals surface area contributed by atoms with Crippen LogP contribution in [0.4, 0.5) is 0 Å². The van der Waals surface area contributed by atoms with Crippen molar-refractivity contribution in [3.63, 3.8) is 0 Å². The van der Waals surface area contributed by atoms with Crippen molar-refractivity contribution < 1.29 is 18.6 Å². The predicted molar refractivity (Wildman–Crippen MR) is 208 cm³/mol. The molecule has 0 saturated carbocycles. The molecule has 6 rings (SSSR count). The first kappa shape index (κ1) is 35.2. The van der Waals surface area contributed by atoms with Crippen LogP contribution in [0.25, 0.3) is 0 Å². The fraction of sp³-hybridized carbons (Fsp3) is 0.163. The molecular weight excluding hydrogens is 656 g/mol. The highest BCUT2D eigenvalue weighted by atomic mass is 31.2. The molecule has 0 saturated heterocycles. The number of likely N-dealkylation sites (N-methyl/N-ethyl adjacent to an activating group) is 1. The fourth-order valence-corrected chi connectivity index (χ4v) is 11.5. The van der Waals surface area contributed by atoms with Crippen molar-refractivity contribution >= 4 is 35.5 Å². The van der Waals surface area contributed by atoms with Crippen LogP contribution in [-0.2, 0) is 21.5 Å². The van der Waals surface area contributed by atoms with Crippen molar-refractivity contribution in [2.75, 3.05) is 33.4 Å². The largest absolute Gasteiger partial charge is 0.492 e. The number of nitrogens with zero attached hydrogens (tertiary/aromatic N) is 1. The van der Waals surface area contributed by atoms with Crippen molar-refractivity contribution in [1.29, 1.82) is 0 Å². The first-order valence-corrected chi connectivity index (χ1v) is 20.7. The molecule has 0 aliphatic heterocycles. The zero-order valence-corrected chi connectivity index (χ0v) is 30.2. The zero-order valence-electron chi connectivity index (χ0n) is 28.4. The van der Waals surface area contributed by atoms with Crippen molar-refractivity contribution in [3.05, 3.63) is 181 Å². The van der Waals surface area contributed by atoms with Crippen LogP contribution in [0.15, 0.2) is 170 Å². The third-order valence-corrected chi connectivity index (χ3v) is 15.0. The third-order valence-electron chi connectivity index (χ3n) is 8.89. The van der Waals surface area contributed by atoms with E-state index in [1.165, 1.54) is 0 Å². The molecule has 0 bridgehead atoms. The summed E-state index contributed by atoms with van der Waals surface area (Å²) in [4.78, 5) is 2.17. The molecule has 254 valence electrons. The summed E-state index contributed by atoms with van der Waals surface area (Å²) < 4.78 is 42.0. The number of benzene rings is 6. The van der Waals surface area contributed by atoms with E-state index in [9.17, 15) is 9.13 Å². The van der Waals surface area contributed by atoms with E-state index in [-0.39, 0.29) is 0 Å². The topological polar surface area (TPSA) is 55.8 Å². The Balaban J connectivity index is 1.07. The molecule has 6 aromatic carbocycles. The van der Waals surface area contributed by atoms with E-state index >= 15 is 0 Å². The Morgan fingerprint density at radius 1 is 0.420 bits per heavy atom. The van der Waals surface area contributed by atoms with Crippen LogP contribution in [0.1, 0.15) is 11.1 Å². The Labute approximate surface area is 296 Å². The molecule has 0 heterocycles. The summed E-state index contributed by atoms with van der Waals surface area (Å²) in [5.41, 5.74) is 1.85. The molecule has 0 radical (unpaired) electrons. The Hall–Kier alpha value is -4.66. The molecule has 0 unspecified atom stereocenters. The first-order valence-electron chi connectivity index (χ1n) is 17.0. The van der Waals surface area contributed by atoms with Gasteiger partial charge in [0, 0.05) is 57.8 Å². The summed E-state index contributed by atoms with van der Waals surface area (Å²) in [6.07, 6.45) is 0.754. The van der Waals surface area contributed by atoms with Gasteiger partial charge in [0.25, 0.3) is 0 Å². The van der Waals surface area contributed by atoms with Gasteiger partial charge in [-0.25, -0.2) is 0 Å². The molecular formula is C43H43NO4P2. The van der Waals surface area contributed by atoms with E-state index < -0.39 is 14.3 Å². The maximum Gasteiger partial charge on any atom is 0.147 e. The van der Waals surface area contributed by atoms with Crippen LogP contribution in [-0.4, -0.2) is 38.3 Å². The molecule has 50 heavy (non-hydrogen) atoms. The molecule has 7 heteroatoms. The van der Waals surface area contributed by atoms with E-state index in [2.05, 4.69) is 4.90 Å². The molecule has 0 fully saturated rings. The Morgan fingerprint density at radius 2 is 0.700 bits per heavy atom. The second kappa shape index (κ2) is 16.8. The molecule has 0 atom stereocenters. The van der Waals surface area contributed by atoms with E-state index in [1.54, 1.807) is 0 Å². The van der Waals surface area contributed by atoms with Gasteiger partial charge in [0.1, 0.15) is 39.0 Å².